The number of nitrogens with zero attached hydrogens (tertiary/aromatic N) is 2. The van der Waals surface area contributed by atoms with Crippen LogP contribution in [0.3, 0.4) is 0 Å². The average Bonchev–Trinajstić information content (AvgIpc) is 2.38. The zero-order chi connectivity index (χ0) is 13.1. The molecule has 1 saturated heterocycles. The first-order chi connectivity index (χ1) is 8.60. The van der Waals surface area contributed by atoms with Gasteiger partial charge in [0.1, 0.15) is 11.6 Å². The van der Waals surface area contributed by atoms with E-state index in [1.807, 2.05) is 13.8 Å². The molecule has 100 valence electrons. The number of anilines is 1. The molecule has 1 aliphatic rings. The normalized spacial score (nSPS) is 20.4. The van der Waals surface area contributed by atoms with Crippen molar-refractivity contribution in [3.05, 3.63) is 22.2 Å². The average molecular weight is 251 g/mol. The van der Waals surface area contributed by atoms with E-state index in [4.69, 9.17) is 4.74 Å². The molecular formula is C13H21N3O2. The Kier molecular flexibility index (Phi) is 4.01. The molecule has 1 N–H and O–H groups in total. The van der Waals surface area contributed by atoms with E-state index >= 15 is 0 Å². The number of morpholine rings is 1. The van der Waals surface area contributed by atoms with Gasteiger partial charge < -0.3 is 14.6 Å². The van der Waals surface area contributed by atoms with Crippen LogP contribution in [0.5, 0.6) is 0 Å². The molecule has 0 bridgehead atoms. The summed E-state index contributed by atoms with van der Waals surface area (Å²) in [5.74, 6) is 1.74. The highest BCUT2D eigenvalue weighted by Gasteiger charge is 2.21. The van der Waals surface area contributed by atoms with Crippen molar-refractivity contribution in [1.29, 1.82) is 0 Å². The molecular weight excluding hydrogens is 230 g/mol. The van der Waals surface area contributed by atoms with Crippen molar-refractivity contribution in [3.8, 4) is 0 Å². The van der Waals surface area contributed by atoms with Gasteiger partial charge in [-0.05, 0) is 6.42 Å². The number of ether oxygens (including phenoxy) is 1. The van der Waals surface area contributed by atoms with Crippen LogP contribution >= 0.6 is 0 Å². The summed E-state index contributed by atoms with van der Waals surface area (Å²) in [5, 5.41) is 0. The van der Waals surface area contributed by atoms with E-state index in [9.17, 15) is 4.79 Å². The van der Waals surface area contributed by atoms with Crippen molar-refractivity contribution in [2.75, 3.05) is 24.6 Å². The Bertz CT molecular complexity index is 456. The number of aromatic amines is 1. The standard InChI is InChI=1S/C13H21N3O2/c1-4-10-8-16(5-6-18-10)11-7-12(17)15-13(14-11)9(2)3/h7,9-10H,4-6,8H2,1-3H3,(H,14,15,17). The third kappa shape index (κ3) is 2.90. The van der Waals surface area contributed by atoms with Crippen LogP contribution < -0.4 is 10.5 Å². The maximum Gasteiger partial charge on any atom is 0.252 e. The van der Waals surface area contributed by atoms with Gasteiger partial charge in [0.05, 0.1) is 12.7 Å². The van der Waals surface area contributed by atoms with Gasteiger partial charge in [0.25, 0.3) is 5.56 Å². The minimum Gasteiger partial charge on any atom is -0.375 e. The molecule has 0 radical (unpaired) electrons. The molecule has 0 spiro atoms. The second-order valence-corrected chi connectivity index (χ2v) is 4.99. The van der Waals surface area contributed by atoms with Gasteiger partial charge in [-0.1, -0.05) is 20.8 Å². The predicted molar refractivity (Wildman–Crippen MR) is 71.2 cm³/mol. The summed E-state index contributed by atoms with van der Waals surface area (Å²) < 4.78 is 5.63. The maximum atomic E-state index is 11.7. The molecule has 1 aromatic rings. The summed E-state index contributed by atoms with van der Waals surface area (Å²) in [7, 11) is 0. The van der Waals surface area contributed by atoms with Crippen LogP contribution in [0.4, 0.5) is 5.82 Å². The first kappa shape index (κ1) is 13.1. The Balaban J connectivity index is 2.24. The van der Waals surface area contributed by atoms with Gasteiger partial charge >= 0.3 is 0 Å². The van der Waals surface area contributed by atoms with Crippen LogP contribution in [0.1, 0.15) is 38.9 Å². The first-order valence-corrected chi connectivity index (χ1v) is 6.58. The molecule has 5 nitrogen and oxygen atoms in total. The molecule has 0 saturated carbocycles. The van der Waals surface area contributed by atoms with Gasteiger partial charge in [0.15, 0.2) is 0 Å². The van der Waals surface area contributed by atoms with E-state index in [2.05, 4.69) is 21.8 Å². The largest absolute Gasteiger partial charge is 0.375 e. The van der Waals surface area contributed by atoms with Gasteiger partial charge in [-0.2, -0.15) is 0 Å². The second kappa shape index (κ2) is 5.52. The van der Waals surface area contributed by atoms with Crippen LogP contribution in [-0.4, -0.2) is 35.8 Å². The van der Waals surface area contributed by atoms with E-state index in [0.29, 0.717) is 6.61 Å². The minimum atomic E-state index is -0.0803. The molecule has 2 rings (SSSR count). The topological polar surface area (TPSA) is 58.2 Å². The van der Waals surface area contributed by atoms with Gasteiger partial charge in [0.2, 0.25) is 0 Å². The molecule has 2 heterocycles. The predicted octanol–water partition coefficient (Wildman–Crippen LogP) is 1.51. The van der Waals surface area contributed by atoms with E-state index in [-0.39, 0.29) is 17.6 Å². The summed E-state index contributed by atoms with van der Waals surface area (Å²) in [5.41, 5.74) is -0.0803. The number of H-pyrrole nitrogens is 1. The first-order valence-electron chi connectivity index (χ1n) is 6.58. The lowest BCUT2D eigenvalue weighted by atomic mass is 10.2. The highest BCUT2D eigenvalue weighted by atomic mass is 16.5. The molecule has 0 amide bonds. The van der Waals surface area contributed by atoms with Gasteiger partial charge in [-0.15, -0.1) is 0 Å². The molecule has 0 aliphatic carbocycles. The summed E-state index contributed by atoms with van der Waals surface area (Å²) >= 11 is 0. The molecule has 0 aromatic carbocycles. The van der Waals surface area contributed by atoms with Crippen LogP contribution in [-0.2, 0) is 4.74 Å². The lowest BCUT2D eigenvalue weighted by Gasteiger charge is -2.33. The van der Waals surface area contributed by atoms with Crippen molar-refractivity contribution >= 4 is 5.82 Å². The quantitative estimate of drug-likeness (QED) is 0.884. The fourth-order valence-corrected chi connectivity index (χ4v) is 2.07. The molecule has 1 aromatic heterocycles. The van der Waals surface area contributed by atoms with E-state index in [0.717, 1.165) is 31.2 Å². The minimum absolute atomic E-state index is 0.0803. The van der Waals surface area contributed by atoms with Crippen LogP contribution in [0.2, 0.25) is 0 Å². The third-order valence-corrected chi connectivity index (χ3v) is 3.21. The lowest BCUT2D eigenvalue weighted by molar-refractivity contribution is 0.0381. The summed E-state index contributed by atoms with van der Waals surface area (Å²) in [6.07, 6.45) is 1.22. The second-order valence-electron chi connectivity index (χ2n) is 4.99. The molecule has 18 heavy (non-hydrogen) atoms. The van der Waals surface area contributed by atoms with E-state index in [1.165, 1.54) is 0 Å². The molecule has 1 unspecified atom stereocenters. The number of nitrogens with one attached hydrogen (secondary N) is 1. The molecule has 1 aliphatic heterocycles. The number of aromatic nitrogens is 2. The monoisotopic (exact) mass is 251 g/mol. The Morgan fingerprint density at radius 3 is 3.06 bits per heavy atom. The number of hydrogen-bond donors (Lipinski definition) is 1. The Morgan fingerprint density at radius 1 is 1.61 bits per heavy atom. The van der Waals surface area contributed by atoms with Crippen molar-refractivity contribution < 1.29 is 4.74 Å². The van der Waals surface area contributed by atoms with Crippen LogP contribution in [0, 0.1) is 0 Å². The van der Waals surface area contributed by atoms with Gasteiger partial charge in [-0.3, -0.25) is 4.79 Å². The van der Waals surface area contributed by atoms with Crippen LogP contribution in [0.15, 0.2) is 10.9 Å². The zero-order valence-electron chi connectivity index (χ0n) is 11.3. The highest BCUT2D eigenvalue weighted by Crippen LogP contribution is 2.17. The third-order valence-electron chi connectivity index (χ3n) is 3.21. The summed E-state index contributed by atoms with van der Waals surface area (Å²) in [6, 6.07) is 1.57. The molecule has 1 fully saturated rings. The SMILES string of the molecule is CCC1CN(c2cc(=O)[nH]c(C(C)C)n2)CCO1. The Hall–Kier alpha value is -1.36. The Labute approximate surface area is 107 Å². The Morgan fingerprint density at radius 2 is 2.39 bits per heavy atom. The zero-order valence-corrected chi connectivity index (χ0v) is 11.3. The van der Waals surface area contributed by atoms with Gasteiger partial charge in [0, 0.05) is 25.1 Å². The molecule has 1 atom stereocenters. The smallest absolute Gasteiger partial charge is 0.252 e. The van der Waals surface area contributed by atoms with E-state index in [1.54, 1.807) is 6.07 Å². The van der Waals surface area contributed by atoms with Crippen molar-refractivity contribution in [2.24, 2.45) is 0 Å². The van der Waals surface area contributed by atoms with Crippen molar-refractivity contribution in [1.82, 2.24) is 9.97 Å². The summed E-state index contributed by atoms with van der Waals surface area (Å²) in [6.45, 7) is 8.46. The number of hydrogen-bond acceptors (Lipinski definition) is 4. The van der Waals surface area contributed by atoms with Crippen LogP contribution in [0.25, 0.3) is 0 Å². The maximum absolute atomic E-state index is 11.7. The fraction of sp³-hybridized carbons (Fsp3) is 0.692. The fourth-order valence-electron chi connectivity index (χ4n) is 2.07. The van der Waals surface area contributed by atoms with E-state index < -0.39 is 0 Å². The molecule has 5 heteroatoms. The lowest BCUT2D eigenvalue weighted by Crippen LogP contribution is -2.43. The summed E-state index contributed by atoms with van der Waals surface area (Å²) in [4.78, 5) is 21.1. The van der Waals surface area contributed by atoms with Gasteiger partial charge in [-0.25, -0.2) is 4.98 Å². The number of rotatable bonds is 3. The van der Waals surface area contributed by atoms with Crippen molar-refractivity contribution in [3.63, 3.8) is 0 Å². The highest BCUT2D eigenvalue weighted by molar-refractivity contribution is 5.38. The van der Waals surface area contributed by atoms with Crippen molar-refractivity contribution in [2.45, 2.75) is 39.2 Å².